The second kappa shape index (κ2) is 3.58. The van der Waals surface area contributed by atoms with Crippen LogP contribution in [-0.4, -0.2) is 28.7 Å². The highest BCUT2D eigenvalue weighted by Crippen LogP contribution is 2.20. The van der Waals surface area contributed by atoms with E-state index in [2.05, 4.69) is 21.9 Å². The van der Waals surface area contributed by atoms with Crippen LogP contribution in [-0.2, 0) is 5.79 Å². The first-order chi connectivity index (χ1) is 8.32. The van der Waals surface area contributed by atoms with Crippen molar-refractivity contribution in [1.29, 1.82) is 0 Å². The van der Waals surface area contributed by atoms with Gasteiger partial charge < -0.3 is 0 Å². The van der Waals surface area contributed by atoms with Crippen LogP contribution in [0.2, 0.25) is 0 Å². The van der Waals surface area contributed by atoms with Gasteiger partial charge in [0.1, 0.15) is 0 Å². The molecule has 3 rings (SSSR count). The van der Waals surface area contributed by atoms with Gasteiger partial charge in [-0.1, -0.05) is 0 Å². The van der Waals surface area contributed by atoms with Gasteiger partial charge in [0.05, 0.1) is 19.0 Å². The maximum absolute atomic E-state index is 4.10. The Labute approximate surface area is 98.2 Å². The molecule has 0 unspecified atom stereocenters. The predicted molar refractivity (Wildman–Crippen MR) is 61.1 cm³/mol. The molecule has 6 heteroatoms. The molecule has 0 amide bonds. The smallest absolute Gasteiger partial charge is 0.203 e. The van der Waals surface area contributed by atoms with E-state index in [9.17, 15) is 0 Å². The molecular weight excluding hydrogens is 216 g/mol. The Morgan fingerprint density at radius 2 is 1.06 bits per heavy atom. The Morgan fingerprint density at radius 1 is 0.706 bits per heavy atom. The summed E-state index contributed by atoms with van der Waals surface area (Å²) in [5.74, 6) is -0.469. The molecule has 0 spiro atoms. The second-order valence-corrected chi connectivity index (χ2v) is 3.88. The highest BCUT2D eigenvalue weighted by atomic mass is 15.4. The molecule has 0 aliphatic heterocycles. The summed E-state index contributed by atoms with van der Waals surface area (Å²) in [6, 6.07) is 0. The minimum Gasteiger partial charge on any atom is -0.296 e. The summed E-state index contributed by atoms with van der Waals surface area (Å²) in [7, 11) is 0. The Balaban J connectivity index is 2.21. The molecule has 0 bridgehead atoms. The molecule has 0 saturated carbocycles. The first kappa shape index (κ1) is 9.83. The van der Waals surface area contributed by atoms with E-state index in [1.165, 1.54) is 0 Å². The predicted octanol–water partition coefficient (Wildman–Crippen LogP) is 1.00. The minimum absolute atomic E-state index is 0.469. The molecule has 0 fully saturated rings. The average Bonchev–Trinajstić information content (AvgIpc) is 3.10. The number of imidazole rings is 3. The van der Waals surface area contributed by atoms with E-state index in [0.29, 0.717) is 0 Å². The van der Waals surface area contributed by atoms with Gasteiger partial charge in [0, 0.05) is 37.2 Å². The summed E-state index contributed by atoms with van der Waals surface area (Å²) in [5.41, 5.74) is 0. The molecule has 0 N–H and O–H groups in total. The lowest BCUT2D eigenvalue weighted by atomic mass is 10.3. The van der Waals surface area contributed by atoms with E-state index in [1.54, 1.807) is 37.6 Å². The van der Waals surface area contributed by atoms with E-state index < -0.39 is 5.79 Å². The molecule has 0 aliphatic carbocycles. The van der Waals surface area contributed by atoms with Crippen LogP contribution in [0.3, 0.4) is 0 Å². The fourth-order valence-corrected chi connectivity index (χ4v) is 1.93. The number of hydrogen-bond acceptors (Lipinski definition) is 3. The lowest BCUT2D eigenvalue weighted by molar-refractivity contribution is 0.203. The van der Waals surface area contributed by atoms with Gasteiger partial charge >= 0.3 is 0 Å². The number of aromatic nitrogens is 6. The largest absolute Gasteiger partial charge is 0.296 e. The molecule has 0 aliphatic rings. The fraction of sp³-hybridized carbons (Fsp3) is 0.182. The molecule has 6 nitrogen and oxygen atoms in total. The van der Waals surface area contributed by atoms with E-state index >= 15 is 0 Å². The Kier molecular flexibility index (Phi) is 2.07. The van der Waals surface area contributed by atoms with Crippen LogP contribution in [0.5, 0.6) is 0 Å². The Morgan fingerprint density at radius 3 is 1.29 bits per heavy atom. The van der Waals surface area contributed by atoms with Crippen LogP contribution in [0, 0.1) is 0 Å². The quantitative estimate of drug-likeness (QED) is 0.672. The zero-order chi connectivity index (χ0) is 11.7. The van der Waals surface area contributed by atoms with Crippen molar-refractivity contribution in [3.05, 3.63) is 56.2 Å². The van der Waals surface area contributed by atoms with Crippen LogP contribution < -0.4 is 0 Å². The van der Waals surface area contributed by atoms with Crippen molar-refractivity contribution in [3.63, 3.8) is 0 Å². The van der Waals surface area contributed by atoms with Gasteiger partial charge in [-0.05, 0) is 6.92 Å². The van der Waals surface area contributed by atoms with E-state index in [1.807, 2.05) is 32.3 Å². The Hall–Kier alpha value is -2.37. The van der Waals surface area contributed by atoms with Crippen molar-refractivity contribution in [2.24, 2.45) is 0 Å². The zero-order valence-electron chi connectivity index (χ0n) is 9.38. The van der Waals surface area contributed by atoms with Crippen LogP contribution in [0.4, 0.5) is 0 Å². The van der Waals surface area contributed by atoms with Crippen LogP contribution in [0.1, 0.15) is 6.92 Å². The summed E-state index contributed by atoms with van der Waals surface area (Å²) < 4.78 is 5.99. The lowest BCUT2D eigenvalue weighted by Crippen LogP contribution is -2.43. The van der Waals surface area contributed by atoms with Crippen molar-refractivity contribution in [3.8, 4) is 0 Å². The van der Waals surface area contributed by atoms with Crippen molar-refractivity contribution in [1.82, 2.24) is 28.7 Å². The van der Waals surface area contributed by atoms with E-state index in [0.717, 1.165) is 0 Å². The zero-order valence-corrected chi connectivity index (χ0v) is 9.38. The van der Waals surface area contributed by atoms with Crippen molar-refractivity contribution in [2.45, 2.75) is 12.7 Å². The van der Waals surface area contributed by atoms with Gasteiger partial charge in [-0.2, -0.15) is 0 Å². The Bertz CT molecular complexity index is 479. The first-order valence-electron chi connectivity index (χ1n) is 5.27. The third kappa shape index (κ3) is 1.37. The lowest BCUT2D eigenvalue weighted by Gasteiger charge is -2.33. The number of rotatable bonds is 3. The highest BCUT2D eigenvalue weighted by molar-refractivity contribution is 4.97. The van der Waals surface area contributed by atoms with E-state index in [-0.39, 0.29) is 0 Å². The highest BCUT2D eigenvalue weighted by Gasteiger charge is 2.29. The molecule has 0 atom stereocenters. The molecule has 86 valence electrons. The van der Waals surface area contributed by atoms with Crippen LogP contribution >= 0.6 is 0 Å². The molecule has 3 heterocycles. The van der Waals surface area contributed by atoms with Gasteiger partial charge in [-0.3, -0.25) is 13.7 Å². The standard InChI is InChI=1S/C11H12N6/c1-11(15-5-2-12-8-15,16-6-3-13-9-16)17-7-4-14-10-17/h2-10H,1H3. The average molecular weight is 228 g/mol. The second-order valence-electron chi connectivity index (χ2n) is 3.88. The maximum atomic E-state index is 4.10. The minimum atomic E-state index is -0.469. The summed E-state index contributed by atoms with van der Waals surface area (Å²) in [4.78, 5) is 12.3. The van der Waals surface area contributed by atoms with Gasteiger partial charge in [0.15, 0.2) is 0 Å². The van der Waals surface area contributed by atoms with Gasteiger partial charge in [-0.15, -0.1) is 0 Å². The summed E-state index contributed by atoms with van der Waals surface area (Å²) in [5, 5.41) is 0. The van der Waals surface area contributed by atoms with E-state index in [4.69, 9.17) is 0 Å². The maximum Gasteiger partial charge on any atom is 0.203 e. The monoisotopic (exact) mass is 228 g/mol. The molecule has 17 heavy (non-hydrogen) atoms. The summed E-state index contributed by atoms with van der Waals surface area (Å²) in [6.07, 6.45) is 16.4. The van der Waals surface area contributed by atoms with Crippen molar-refractivity contribution in [2.75, 3.05) is 0 Å². The molecular formula is C11H12N6. The van der Waals surface area contributed by atoms with Gasteiger partial charge in [0.25, 0.3) is 0 Å². The normalized spacial score (nSPS) is 11.8. The fourth-order valence-electron chi connectivity index (χ4n) is 1.93. The number of hydrogen-bond donors (Lipinski definition) is 0. The van der Waals surface area contributed by atoms with Crippen molar-refractivity contribution < 1.29 is 0 Å². The third-order valence-corrected chi connectivity index (χ3v) is 2.98. The van der Waals surface area contributed by atoms with Crippen LogP contribution in [0.15, 0.2) is 56.2 Å². The number of nitrogens with zero attached hydrogens (tertiary/aromatic N) is 6. The molecule has 3 aromatic heterocycles. The molecule has 0 saturated heterocycles. The van der Waals surface area contributed by atoms with Gasteiger partial charge in [0.2, 0.25) is 5.79 Å². The van der Waals surface area contributed by atoms with Crippen LogP contribution in [0.25, 0.3) is 0 Å². The SMILES string of the molecule is CC(n1ccnc1)(n1ccnc1)n1ccnc1. The molecule has 0 radical (unpaired) electrons. The summed E-state index contributed by atoms with van der Waals surface area (Å²) in [6.45, 7) is 2.07. The third-order valence-electron chi connectivity index (χ3n) is 2.98. The summed E-state index contributed by atoms with van der Waals surface area (Å²) >= 11 is 0. The molecule has 3 aromatic rings. The first-order valence-corrected chi connectivity index (χ1v) is 5.27. The van der Waals surface area contributed by atoms with Gasteiger partial charge in [-0.25, -0.2) is 15.0 Å². The molecule has 0 aromatic carbocycles. The topological polar surface area (TPSA) is 53.5 Å². The van der Waals surface area contributed by atoms with Crippen molar-refractivity contribution >= 4 is 0 Å².